The summed E-state index contributed by atoms with van der Waals surface area (Å²) in [5, 5.41) is 7.98. The van der Waals surface area contributed by atoms with Crippen LogP contribution in [0.2, 0.25) is 0 Å². The minimum Gasteiger partial charge on any atom is -0.480 e. The van der Waals surface area contributed by atoms with Gasteiger partial charge in [0.2, 0.25) is 11.8 Å². The number of alkyl halides is 2. The van der Waals surface area contributed by atoms with Gasteiger partial charge in [0.1, 0.15) is 5.41 Å². The van der Waals surface area contributed by atoms with Crippen LogP contribution in [0.3, 0.4) is 0 Å². The number of nitrogens with zero attached hydrogens (tertiary/aromatic N) is 3. The number of rotatable bonds is 3. The minimum absolute atomic E-state index is 0.283. The lowest BCUT2D eigenvalue weighted by Crippen LogP contribution is -2.48. The van der Waals surface area contributed by atoms with Crippen LogP contribution >= 0.6 is 0 Å². The van der Waals surface area contributed by atoms with E-state index in [2.05, 4.69) is 10.2 Å². The molecule has 0 spiro atoms. The Kier molecular flexibility index (Phi) is 3.97. The fourth-order valence-corrected chi connectivity index (χ4v) is 3.43. The van der Waals surface area contributed by atoms with Crippen LogP contribution in [0.15, 0.2) is 6.07 Å². The number of hydrogen-bond donors (Lipinski definition) is 0. The predicted molar refractivity (Wildman–Crippen MR) is 74.6 cm³/mol. The number of carbonyl (C=O) groups excluding carboxylic acids is 1. The molecule has 3 rings (SSSR count). The number of carbonyl (C=O) groups is 1. The number of ether oxygens (including phenoxy) is 1. The van der Waals surface area contributed by atoms with Gasteiger partial charge in [0, 0.05) is 31.1 Å². The SMILES string of the molecule is COc1cc2c(nn1)CCN(C(=O)C1(C(F)F)CCCC1)C2. The highest BCUT2D eigenvalue weighted by molar-refractivity contribution is 5.83. The molecule has 1 amide bonds. The summed E-state index contributed by atoms with van der Waals surface area (Å²) in [6, 6.07) is 1.73. The van der Waals surface area contributed by atoms with Crippen LogP contribution in [0.1, 0.15) is 36.9 Å². The van der Waals surface area contributed by atoms with E-state index in [0.717, 1.165) is 11.3 Å². The van der Waals surface area contributed by atoms with Crippen molar-refractivity contribution < 1.29 is 18.3 Å². The zero-order valence-electron chi connectivity index (χ0n) is 12.5. The fourth-order valence-electron chi connectivity index (χ4n) is 3.43. The van der Waals surface area contributed by atoms with Gasteiger partial charge in [-0.15, -0.1) is 5.10 Å². The second-order valence-electron chi connectivity index (χ2n) is 6.00. The third-order valence-corrected chi connectivity index (χ3v) is 4.75. The lowest BCUT2D eigenvalue weighted by molar-refractivity contribution is -0.153. The first-order valence-electron chi connectivity index (χ1n) is 7.54. The number of halogens is 2. The van der Waals surface area contributed by atoms with Gasteiger partial charge in [0.15, 0.2) is 0 Å². The van der Waals surface area contributed by atoms with Gasteiger partial charge in [-0.25, -0.2) is 8.78 Å². The summed E-state index contributed by atoms with van der Waals surface area (Å²) >= 11 is 0. The van der Waals surface area contributed by atoms with E-state index in [1.54, 1.807) is 11.0 Å². The molecule has 0 atom stereocenters. The minimum atomic E-state index is -2.60. The van der Waals surface area contributed by atoms with E-state index in [0.29, 0.717) is 38.2 Å². The third-order valence-electron chi connectivity index (χ3n) is 4.75. The normalized spacial score (nSPS) is 20.1. The van der Waals surface area contributed by atoms with Crippen molar-refractivity contribution in [2.75, 3.05) is 13.7 Å². The molecule has 0 aromatic carbocycles. The maximum absolute atomic E-state index is 13.5. The van der Waals surface area contributed by atoms with Gasteiger partial charge in [0.25, 0.3) is 6.43 Å². The Hall–Kier alpha value is -1.79. The number of amides is 1. The fraction of sp³-hybridized carbons (Fsp3) is 0.667. The van der Waals surface area contributed by atoms with Gasteiger partial charge in [-0.3, -0.25) is 4.79 Å². The van der Waals surface area contributed by atoms with E-state index in [-0.39, 0.29) is 12.8 Å². The van der Waals surface area contributed by atoms with Crippen molar-refractivity contribution in [2.24, 2.45) is 5.41 Å². The van der Waals surface area contributed by atoms with E-state index in [4.69, 9.17) is 4.74 Å². The van der Waals surface area contributed by atoms with Crippen molar-refractivity contribution in [1.29, 1.82) is 0 Å². The van der Waals surface area contributed by atoms with Crippen LogP contribution in [-0.2, 0) is 17.8 Å². The number of methoxy groups -OCH3 is 1. The zero-order valence-corrected chi connectivity index (χ0v) is 12.5. The van der Waals surface area contributed by atoms with E-state index in [1.807, 2.05) is 0 Å². The Morgan fingerprint density at radius 3 is 2.73 bits per heavy atom. The summed E-state index contributed by atoms with van der Waals surface area (Å²) in [5.74, 6) is -0.0427. The van der Waals surface area contributed by atoms with E-state index >= 15 is 0 Å². The Bertz CT molecular complexity index is 574. The van der Waals surface area contributed by atoms with Crippen molar-refractivity contribution in [2.45, 2.75) is 45.1 Å². The average molecular weight is 311 g/mol. The third kappa shape index (κ3) is 2.42. The maximum Gasteiger partial charge on any atom is 0.252 e. The van der Waals surface area contributed by atoms with Crippen molar-refractivity contribution >= 4 is 5.91 Å². The van der Waals surface area contributed by atoms with Gasteiger partial charge in [-0.1, -0.05) is 12.8 Å². The smallest absolute Gasteiger partial charge is 0.252 e. The lowest BCUT2D eigenvalue weighted by Gasteiger charge is -2.36. The molecule has 1 aliphatic heterocycles. The molecule has 1 aromatic rings. The van der Waals surface area contributed by atoms with Crippen LogP contribution < -0.4 is 4.74 Å². The molecule has 0 unspecified atom stereocenters. The molecule has 5 nitrogen and oxygen atoms in total. The summed E-state index contributed by atoms with van der Waals surface area (Å²) in [4.78, 5) is 14.2. The predicted octanol–water partition coefficient (Wildman–Crippen LogP) is 2.20. The first-order valence-corrected chi connectivity index (χ1v) is 7.54. The molecule has 120 valence electrons. The van der Waals surface area contributed by atoms with Gasteiger partial charge in [-0.05, 0) is 12.8 Å². The van der Waals surface area contributed by atoms with Crippen molar-refractivity contribution in [1.82, 2.24) is 15.1 Å². The van der Waals surface area contributed by atoms with Crippen molar-refractivity contribution in [3.05, 3.63) is 17.3 Å². The van der Waals surface area contributed by atoms with Gasteiger partial charge >= 0.3 is 0 Å². The quantitative estimate of drug-likeness (QED) is 0.859. The van der Waals surface area contributed by atoms with Crippen LogP contribution in [-0.4, -0.2) is 41.1 Å². The highest BCUT2D eigenvalue weighted by Gasteiger charge is 2.51. The first kappa shape index (κ1) is 15.1. The molecular formula is C15H19F2N3O2. The molecule has 0 radical (unpaired) electrons. The van der Waals surface area contributed by atoms with Gasteiger partial charge in [-0.2, -0.15) is 5.10 Å². The highest BCUT2D eigenvalue weighted by Crippen LogP contribution is 2.45. The van der Waals surface area contributed by atoms with Crippen molar-refractivity contribution in [3.8, 4) is 5.88 Å². The molecule has 2 aliphatic rings. The summed E-state index contributed by atoms with van der Waals surface area (Å²) in [6.07, 6.45) is -0.110. The number of hydrogen-bond acceptors (Lipinski definition) is 4. The number of aromatic nitrogens is 2. The second-order valence-corrected chi connectivity index (χ2v) is 6.00. The van der Waals surface area contributed by atoms with Gasteiger partial charge in [0.05, 0.1) is 12.8 Å². The molecule has 0 bridgehead atoms. The molecule has 2 heterocycles. The Balaban J connectivity index is 1.82. The van der Waals surface area contributed by atoms with Crippen LogP contribution in [0.25, 0.3) is 0 Å². The van der Waals surface area contributed by atoms with E-state index < -0.39 is 17.7 Å². The maximum atomic E-state index is 13.5. The molecule has 0 saturated heterocycles. The average Bonchev–Trinajstić information content (AvgIpc) is 3.04. The molecule has 1 saturated carbocycles. The summed E-state index contributed by atoms with van der Waals surface area (Å²) in [7, 11) is 1.49. The Morgan fingerprint density at radius 1 is 1.36 bits per heavy atom. The van der Waals surface area contributed by atoms with Crippen LogP contribution in [0, 0.1) is 5.41 Å². The lowest BCUT2D eigenvalue weighted by atomic mass is 9.84. The molecule has 22 heavy (non-hydrogen) atoms. The highest BCUT2D eigenvalue weighted by atomic mass is 19.3. The van der Waals surface area contributed by atoms with Gasteiger partial charge < -0.3 is 9.64 Å². The molecule has 1 aliphatic carbocycles. The summed E-state index contributed by atoms with van der Waals surface area (Å²) in [6.45, 7) is 0.718. The molecular weight excluding hydrogens is 292 g/mol. The second kappa shape index (κ2) is 5.78. The van der Waals surface area contributed by atoms with Crippen LogP contribution in [0.4, 0.5) is 8.78 Å². The first-order chi connectivity index (χ1) is 10.6. The van der Waals surface area contributed by atoms with E-state index in [1.165, 1.54) is 7.11 Å². The standard InChI is InChI=1S/C15H19F2N3O2/c1-22-12-8-10-9-20(7-4-11(10)18-19-12)14(21)15(13(16)17)5-2-3-6-15/h8,13H,2-7,9H2,1H3. The number of fused-ring (bicyclic) bond motifs is 1. The Morgan fingerprint density at radius 2 is 2.09 bits per heavy atom. The van der Waals surface area contributed by atoms with Crippen molar-refractivity contribution in [3.63, 3.8) is 0 Å². The largest absolute Gasteiger partial charge is 0.480 e. The summed E-state index contributed by atoms with van der Waals surface area (Å²) < 4.78 is 32.1. The summed E-state index contributed by atoms with van der Waals surface area (Å²) in [5.41, 5.74) is 0.151. The zero-order chi connectivity index (χ0) is 15.7. The monoisotopic (exact) mass is 311 g/mol. The van der Waals surface area contributed by atoms with E-state index in [9.17, 15) is 13.6 Å². The Labute approximate surface area is 127 Å². The van der Waals surface area contributed by atoms with Crippen LogP contribution in [0.5, 0.6) is 5.88 Å². The molecule has 0 N–H and O–H groups in total. The molecule has 1 aromatic heterocycles. The molecule has 7 heteroatoms. The topological polar surface area (TPSA) is 55.3 Å². The molecule has 1 fully saturated rings.